The SMILES string of the molecule is O=C(Oc1ccc(O)cc1)C1CC2(O)c3ccccc3C1(O)c1ccc(Oc3ccccc3)cc12. The molecule has 0 spiro atoms. The normalized spacial score (nSPS) is 23.8. The number of para-hydroxylation sites is 1. The molecule has 3 N–H and O–H groups in total. The topological polar surface area (TPSA) is 96.2 Å². The van der Waals surface area contributed by atoms with Crippen molar-refractivity contribution in [3.05, 3.63) is 119 Å². The Kier molecular flexibility index (Phi) is 4.71. The van der Waals surface area contributed by atoms with E-state index in [4.69, 9.17) is 9.47 Å². The van der Waals surface area contributed by atoms with Crippen LogP contribution < -0.4 is 9.47 Å². The maximum atomic E-state index is 13.3. The summed E-state index contributed by atoms with van der Waals surface area (Å²) in [5.41, 5.74) is -1.24. The molecule has 3 aliphatic carbocycles. The molecule has 0 saturated heterocycles. The van der Waals surface area contributed by atoms with Crippen molar-refractivity contribution in [2.24, 2.45) is 5.92 Å². The highest BCUT2D eigenvalue weighted by Crippen LogP contribution is 2.60. The van der Waals surface area contributed by atoms with Gasteiger partial charge < -0.3 is 24.8 Å². The van der Waals surface area contributed by atoms with Gasteiger partial charge in [0.25, 0.3) is 0 Å². The van der Waals surface area contributed by atoms with Crippen LogP contribution in [0.2, 0.25) is 0 Å². The van der Waals surface area contributed by atoms with Gasteiger partial charge in [0, 0.05) is 6.42 Å². The molecule has 0 saturated carbocycles. The van der Waals surface area contributed by atoms with E-state index in [9.17, 15) is 20.1 Å². The predicted molar refractivity (Wildman–Crippen MR) is 127 cm³/mol. The van der Waals surface area contributed by atoms with Crippen molar-refractivity contribution in [1.82, 2.24) is 0 Å². The minimum Gasteiger partial charge on any atom is -0.508 e. The van der Waals surface area contributed by atoms with Crippen LogP contribution in [-0.2, 0) is 16.0 Å². The van der Waals surface area contributed by atoms with Gasteiger partial charge in [0.05, 0.1) is 5.92 Å². The van der Waals surface area contributed by atoms with Crippen LogP contribution in [0.1, 0.15) is 28.7 Å². The highest BCUT2D eigenvalue weighted by atomic mass is 16.5. The van der Waals surface area contributed by atoms with Crippen molar-refractivity contribution >= 4 is 5.97 Å². The summed E-state index contributed by atoms with van der Waals surface area (Å²) >= 11 is 0. The quantitative estimate of drug-likeness (QED) is 0.301. The first kappa shape index (κ1) is 21.4. The van der Waals surface area contributed by atoms with E-state index in [1.165, 1.54) is 24.3 Å². The monoisotopic (exact) mass is 466 g/mol. The van der Waals surface area contributed by atoms with Gasteiger partial charge in [-0.2, -0.15) is 0 Å². The molecule has 6 heteroatoms. The molecule has 6 nitrogen and oxygen atoms in total. The van der Waals surface area contributed by atoms with Crippen molar-refractivity contribution in [3.63, 3.8) is 0 Å². The van der Waals surface area contributed by atoms with Crippen LogP contribution in [-0.4, -0.2) is 21.3 Å². The van der Waals surface area contributed by atoms with Gasteiger partial charge in [0.1, 0.15) is 34.2 Å². The van der Waals surface area contributed by atoms with E-state index in [2.05, 4.69) is 0 Å². The molecule has 35 heavy (non-hydrogen) atoms. The second-order valence-electron chi connectivity index (χ2n) is 8.97. The Morgan fingerprint density at radius 2 is 1.34 bits per heavy atom. The number of esters is 1. The standard InChI is InChI=1S/C29H22O6/c30-18-10-12-20(13-11-18)35-27(31)26-17-28(32)22-8-4-5-9-23(22)29(26,33)24-15-14-21(16-25(24)28)34-19-6-2-1-3-7-19/h1-16,26,30,32-33H,17H2. The molecular weight excluding hydrogens is 444 g/mol. The number of carbonyl (C=O) groups is 1. The number of fused-ring (bicyclic) bond motifs is 1. The van der Waals surface area contributed by atoms with Crippen molar-refractivity contribution in [3.8, 4) is 23.0 Å². The van der Waals surface area contributed by atoms with Gasteiger partial charge in [-0.15, -0.1) is 0 Å². The highest BCUT2D eigenvalue weighted by molar-refractivity contribution is 5.81. The van der Waals surface area contributed by atoms with E-state index < -0.39 is 23.1 Å². The smallest absolute Gasteiger partial charge is 0.318 e. The summed E-state index contributed by atoms with van der Waals surface area (Å²) in [7, 11) is 0. The lowest BCUT2D eigenvalue weighted by molar-refractivity contribution is -0.157. The van der Waals surface area contributed by atoms with Crippen molar-refractivity contribution in [2.45, 2.75) is 17.6 Å². The van der Waals surface area contributed by atoms with Crippen LogP contribution in [0.15, 0.2) is 97.1 Å². The summed E-state index contributed by atoms with van der Waals surface area (Å²) in [6.45, 7) is 0. The molecule has 174 valence electrons. The van der Waals surface area contributed by atoms with Crippen LogP contribution >= 0.6 is 0 Å². The van der Waals surface area contributed by atoms with Gasteiger partial charge in [0.2, 0.25) is 0 Å². The van der Waals surface area contributed by atoms with E-state index in [0.717, 1.165) is 0 Å². The Morgan fingerprint density at radius 1 is 0.714 bits per heavy atom. The second kappa shape index (κ2) is 7.70. The molecule has 4 aromatic rings. The molecule has 3 unspecified atom stereocenters. The first-order valence-corrected chi connectivity index (χ1v) is 11.3. The Bertz CT molecular complexity index is 1430. The number of rotatable bonds is 4. The van der Waals surface area contributed by atoms with Crippen LogP contribution in [0, 0.1) is 5.92 Å². The third kappa shape index (κ3) is 3.22. The fraction of sp³-hybridized carbons (Fsp3) is 0.138. The van der Waals surface area contributed by atoms with Crippen molar-refractivity contribution < 1.29 is 29.6 Å². The Balaban J connectivity index is 1.44. The maximum absolute atomic E-state index is 13.3. The Labute approximate surface area is 201 Å². The summed E-state index contributed by atoms with van der Waals surface area (Å²) < 4.78 is 11.5. The molecule has 0 amide bonds. The minimum absolute atomic E-state index is 0.0471. The number of carbonyl (C=O) groups excluding carboxylic acids is 1. The van der Waals surface area contributed by atoms with Crippen LogP contribution in [0.3, 0.4) is 0 Å². The van der Waals surface area contributed by atoms with Crippen LogP contribution in [0.4, 0.5) is 0 Å². The zero-order valence-electron chi connectivity index (χ0n) is 18.6. The van der Waals surface area contributed by atoms with E-state index in [1.807, 2.05) is 30.3 Å². The number of hydrogen-bond acceptors (Lipinski definition) is 6. The third-order valence-electron chi connectivity index (χ3n) is 6.95. The molecule has 0 heterocycles. The zero-order chi connectivity index (χ0) is 24.2. The van der Waals surface area contributed by atoms with Gasteiger partial charge in [-0.3, -0.25) is 4.79 Å². The fourth-order valence-electron chi connectivity index (χ4n) is 5.35. The Hall–Kier alpha value is -4.13. The molecule has 0 radical (unpaired) electrons. The minimum atomic E-state index is -1.70. The lowest BCUT2D eigenvalue weighted by Crippen LogP contribution is -2.57. The van der Waals surface area contributed by atoms with E-state index in [-0.39, 0.29) is 17.9 Å². The number of benzene rings is 4. The summed E-state index contributed by atoms with van der Waals surface area (Å²) in [5.74, 6) is -0.267. The first-order chi connectivity index (χ1) is 16.9. The number of phenolic OH excluding ortho intramolecular Hbond substituents is 1. The highest BCUT2D eigenvalue weighted by Gasteiger charge is 2.62. The molecule has 7 rings (SSSR count). The summed E-state index contributed by atoms with van der Waals surface area (Å²) in [5, 5.41) is 33.7. The van der Waals surface area contributed by atoms with Crippen molar-refractivity contribution in [2.75, 3.05) is 0 Å². The summed E-state index contributed by atoms with van der Waals surface area (Å²) in [4.78, 5) is 13.3. The summed E-state index contributed by atoms with van der Waals surface area (Å²) in [6, 6.07) is 27.3. The molecule has 0 aliphatic heterocycles. The first-order valence-electron chi connectivity index (χ1n) is 11.3. The zero-order valence-corrected chi connectivity index (χ0v) is 18.6. The average Bonchev–Trinajstić information content (AvgIpc) is 2.88. The number of ether oxygens (including phenoxy) is 2. The van der Waals surface area contributed by atoms with E-state index in [0.29, 0.717) is 33.8 Å². The number of hydrogen-bond donors (Lipinski definition) is 3. The van der Waals surface area contributed by atoms with Gasteiger partial charge in [0.15, 0.2) is 0 Å². The molecule has 0 aromatic heterocycles. The maximum Gasteiger partial charge on any atom is 0.318 e. The molecule has 3 atom stereocenters. The van der Waals surface area contributed by atoms with Crippen LogP contribution in [0.5, 0.6) is 23.0 Å². The third-order valence-corrected chi connectivity index (χ3v) is 6.95. The average molecular weight is 466 g/mol. The molecule has 0 fully saturated rings. The van der Waals surface area contributed by atoms with Crippen molar-refractivity contribution in [1.29, 1.82) is 0 Å². The van der Waals surface area contributed by atoms with Gasteiger partial charge in [-0.25, -0.2) is 0 Å². The van der Waals surface area contributed by atoms with Gasteiger partial charge in [-0.1, -0.05) is 48.5 Å². The fourth-order valence-corrected chi connectivity index (χ4v) is 5.35. The number of phenols is 1. The predicted octanol–water partition coefficient (Wildman–Crippen LogP) is 4.60. The van der Waals surface area contributed by atoms with Gasteiger partial charge in [-0.05, 0) is 70.8 Å². The lowest BCUT2D eigenvalue weighted by Gasteiger charge is -2.53. The Morgan fingerprint density at radius 3 is 2.09 bits per heavy atom. The number of aromatic hydroxyl groups is 1. The largest absolute Gasteiger partial charge is 0.508 e. The molecule has 3 aliphatic rings. The summed E-state index contributed by atoms with van der Waals surface area (Å²) in [6.07, 6.45) is -0.0563. The molecule has 2 bridgehead atoms. The second-order valence-corrected chi connectivity index (χ2v) is 8.97. The van der Waals surface area contributed by atoms with E-state index in [1.54, 1.807) is 42.5 Å². The van der Waals surface area contributed by atoms with Crippen LogP contribution in [0.25, 0.3) is 0 Å². The molecule has 4 aromatic carbocycles. The van der Waals surface area contributed by atoms with Gasteiger partial charge >= 0.3 is 5.97 Å². The molecular formula is C29H22O6. The lowest BCUT2D eigenvalue weighted by atomic mass is 9.54. The van der Waals surface area contributed by atoms with E-state index >= 15 is 0 Å². The number of aliphatic hydroxyl groups is 2.